The van der Waals surface area contributed by atoms with E-state index < -0.39 is 0 Å². The zero-order valence-corrected chi connectivity index (χ0v) is 18.7. The smallest absolute Gasteiger partial charge is 0.0716 e. The SMILES string of the molecule is C=CCCCOCc1ccc(C2CCC(CCc3ccc(/C=C/C)cc3)CC2)cc1. The Morgan fingerprint density at radius 1 is 0.933 bits per heavy atom. The molecule has 0 heterocycles. The predicted molar refractivity (Wildman–Crippen MR) is 130 cm³/mol. The third-order valence-corrected chi connectivity index (χ3v) is 6.44. The zero-order chi connectivity index (χ0) is 21.0. The Morgan fingerprint density at radius 3 is 2.30 bits per heavy atom. The van der Waals surface area contributed by atoms with Crippen LogP contribution in [0.5, 0.6) is 0 Å². The number of rotatable bonds is 11. The van der Waals surface area contributed by atoms with Crippen molar-refractivity contribution in [3.05, 3.63) is 89.5 Å². The van der Waals surface area contributed by atoms with Crippen LogP contribution in [0.1, 0.15) is 80.0 Å². The van der Waals surface area contributed by atoms with Gasteiger partial charge in [-0.2, -0.15) is 0 Å². The number of unbranched alkanes of at least 4 members (excludes halogenated alkanes) is 1. The Balaban J connectivity index is 1.38. The lowest BCUT2D eigenvalue weighted by atomic mass is 9.77. The highest BCUT2D eigenvalue weighted by molar-refractivity contribution is 5.49. The molecule has 0 radical (unpaired) electrons. The van der Waals surface area contributed by atoms with Crippen LogP contribution < -0.4 is 0 Å². The summed E-state index contributed by atoms with van der Waals surface area (Å²) in [5.41, 5.74) is 5.58. The van der Waals surface area contributed by atoms with E-state index in [1.165, 1.54) is 60.8 Å². The quantitative estimate of drug-likeness (QED) is 0.272. The Bertz CT molecular complexity index is 761. The summed E-state index contributed by atoms with van der Waals surface area (Å²) in [6.45, 7) is 7.36. The Hall–Kier alpha value is -2.12. The second-order valence-electron chi connectivity index (χ2n) is 8.72. The standard InChI is InChI=1S/C29H38O/c1-3-5-6-22-30-23-27-16-20-29(21-17-27)28-18-14-26(15-19-28)13-12-25-10-8-24(7-4-2)9-11-25/h3-4,7-11,16-17,20-21,26,28H,1,5-6,12-15,18-19,22-23H2,2H3/b7-4+. The molecule has 0 spiro atoms. The normalized spacial score (nSPS) is 19.2. The van der Waals surface area contributed by atoms with Gasteiger partial charge in [-0.3, -0.25) is 0 Å². The molecule has 2 aromatic rings. The van der Waals surface area contributed by atoms with E-state index in [9.17, 15) is 0 Å². The molecule has 3 rings (SSSR count). The predicted octanol–water partition coefficient (Wildman–Crippen LogP) is 8.11. The highest BCUT2D eigenvalue weighted by Crippen LogP contribution is 2.37. The van der Waals surface area contributed by atoms with Crippen molar-refractivity contribution in [2.45, 2.75) is 70.8 Å². The van der Waals surface area contributed by atoms with Gasteiger partial charge in [0.2, 0.25) is 0 Å². The van der Waals surface area contributed by atoms with Crippen molar-refractivity contribution >= 4 is 6.08 Å². The third kappa shape index (κ3) is 7.29. The minimum atomic E-state index is 0.722. The monoisotopic (exact) mass is 402 g/mol. The second kappa shape index (κ2) is 12.5. The van der Waals surface area contributed by atoms with E-state index in [1.54, 1.807) is 0 Å². The van der Waals surface area contributed by atoms with Gasteiger partial charge >= 0.3 is 0 Å². The topological polar surface area (TPSA) is 9.23 Å². The number of hydrogen-bond donors (Lipinski definition) is 0. The van der Waals surface area contributed by atoms with Gasteiger partial charge in [0.25, 0.3) is 0 Å². The third-order valence-electron chi connectivity index (χ3n) is 6.44. The largest absolute Gasteiger partial charge is 0.377 e. The summed E-state index contributed by atoms with van der Waals surface area (Å²) < 4.78 is 5.75. The first kappa shape index (κ1) is 22.6. The van der Waals surface area contributed by atoms with Crippen LogP contribution in [0.3, 0.4) is 0 Å². The number of benzene rings is 2. The zero-order valence-electron chi connectivity index (χ0n) is 18.7. The Morgan fingerprint density at radius 2 is 1.63 bits per heavy atom. The maximum absolute atomic E-state index is 5.75. The van der Waals surface area contributed by atoms with E-state index in [2.05, 4.69) is 74.2 Å². The van der Waals surface area contributed by atoms with Crippen LogP contribution in [0.15, 0.2) is 67.3 Å². The van der Waals surface area contributed by atoms with Gasteiger partial charge in [0, 0.05) is 6.61 Å². The first-order valence-electron chi connectivity index (χ1n) is 11.8. The second-order valence-corrected chi connectivity index (χ2v) is 8.72. The Kier molecular flexibility index (Phi) is 9.44. The van der Waals surface area contributed by atoms with Gasteiger partial charge in [0.05, 0.1) is 6.61 Å². The molecule has 1 nitrogen and oxygen atoms in total. The summed E-state index contributed by atoms with van der Waals surface area (Å²) in [6, 6.07) is 18.2. The molecule has 0 aromatic heterocycles. The molecule has 0 atom stereocenters. The molecule has 2 aromatic carbocycles. The van der Waals surface area contributed by atoms with Crippen molar-refractivity contribution < 1.29 is 4.74 Å². The van der Waals surface area contributed by atoms with Crippen LogP contribution in [0.4, 0.5) is 0 Å². The molecule has 1 saturated carbocycles. The van der Waals surface area contributed by atoms with Gasteiger partial charge in [-0.05, 0) is 92.4 Å². The van der Waals surface area contributed by atoms with Crippen molar-refractivity contribution in [3.8, 4) is 0 Å². The van der Waals surface area contributed by atoms with Gasteiger partial charge in [0.1, 0.15) is 0 Å². The molecule has 1 heteroatoms. The molecule has 160 valence electrons. The fourth-order valence-corrected chi connectivity index (χ4v) is 4.55. The van der Waals surface area contributed by atoms with Crippen molar-refractivity contribution in [2.75, 3.05) is 6.61 Å². The minimum absolute atomic E-state index is 0.722. The fraction of sp³-hybridized carbons (Fsp3) is 0.448. The summed E-state index contributed by atoms with van der Waals surface area (Å²) in [5, 5.41) is 0. The molecule has 0 aliphatic heterocycles. The molecule has 1 aliphatic rings. The minimum Gasteiger partial charge on any atom is -0.377 e. The molecule has 0 saturated heterocycles. The molecule has 0 amide bonds. The van der Waals surface area contributed by atoms with E-state index in [1.807, 2.05) is 6.08 Å². The van der Waals surface area contributed by atoms with Gasteiger partial charge in [-0.1, -0.05) is 66.8 Å². The molecular weight excluding hydrogens is 364 g/mol. The molecule has 30 heavy (non-hydrogen) atoms. The van der Waals surface area contributed by atoms with Crippen LogP contribution in [-0.4, -0.2) is 6.61 Å². The summed E-state index contributed by atoms with van der Waals surface area (Å²) in [6.07, 6.45) is 16.3. The van der Waals surface area contributed by atoms with E-state index in [-0.39, 0.29) is 0 Å². The summed E-state index contributed by atoms with van der Waals surface area (Å²) in [7, 11) is 0. The maximum atomic E-state index is 5.75. The summed E-state index contributed by atoms with van der Waals surface area (Å²) in [4.78, 5) is 0. The van der Waals surface area contributed by atoms with Crippen molar-refractivity contribution in [2.24, 2.45) is 5.92 Å². The van der Waals surface area contributed by atoms with Gasteiger partial charge in [0.15, 0.2) is 0 Å². The maximum Gasteiger partial charge on any atom is 0.0716 e. The fourth-order valence-electron chi connectivity index (χ4n) is 4.55. The van der Waals surface area contributed by atoms with Gasteiger partial charge in [-0.25, -0.2) is 0 Å². The van der Waals surface area contributed by atoms with Crippen LogP contribution in [0.25, 0.3) is 6.08 Å². The molecule has 0 unspecified atom stereocenters. The molecule has 0 bridgehead atoms. The first-order chi connectivity index (χ1) is 14.8. The lowest BCUT2D eigenvalue weighted by Gasteiger charge is -2.29. The lowest BCUT2D eigenvalue weighted by Crippen LogP contribution is -2.14. The highest BCUT2D eigenvalue weighted by atomic mass is 16.5. The van der Waals surface area contributed by atoms with Crippen LogP contribution >= 0.6 is 0 Å². The number of allylic oxidation sites excluding steroid dienone is 2. The van der Waals surface area contributed by atoms with Gasteiger partial charge < -0.3 is 4.74 Å². The lowest BCUT2D eigenvalue weighted by molar-refractivity contribution is 0.119. The number of ether oxygens (including phenoxy) is 1. The van der Waals surface area contributed by atoms with Gasteiger partial charge in [-0.15, -0.1) is 6.58 Å². The average molecular weight is 403 g/mol. The van der Waals surface area contributed by atoms with Crippen molar-refractivity contribution in [1.29, 1.82) is 0 Å². The van der Waals surface area contributed by atoms with Crippen molar-refractivity contribution in [1.82, 2.24) is 0 Å². The molecule has 0 N–H and O–H groups in total. The summed E-state index contributed by atoms with van der Waals surface area (Å²) >= 11 is 0. The van der Waals surface area contributed by atoms with E-state index >= 15 is 0 Å². The molecule has 1 aliphatic carbocycles. The number of aryl methyl sites for hydroxylation is 1. The molecule has 1 fully saturated rings. The molecular formula is C29H38O. The van der Waals surface area contributed by atoms with E-state index in [4.69, 9.17) is 4.74 Å². The first-order valence-corrected chi connectivity index (χ1v) is 11.8. The number of hydrogen-bond acceptors (Lipinski definition) is 1. The Labute approximate surface area is 183 Å². The average Bonchev–Trinajstić information content (AvgIpc) is 2.79. The van der Waals surface area contributed by atoms with Crippen LogP contribution in [-0.2, 0) is 17.8 Å². The van der Waals surface area contributed by atoms with Crippen LogP contribution in [0, 0.1) is 5.92 Å². The highest BCUT2D eigenvalue weighted by Gasteiger charge is 2.22. The van der Waals surface area contributed by atoms with E-state index in [0.29, 0.717) is 0 Å². The van der Waals surface area contributed by atoms with Crippen molar-refractivity contribution in [3.63, 3.8) is 0 Å². The summed E-state index contributed by atoms with van der Waals surface area (Å²) in [5.74, 6) is 1.63. The van der Waals surface area contributed by atoms with Crippen LogP contribution in [0.2, 0.25) is 0 Å². The van der Waals surface area contributed by atoms with E-state index in [0.717, 1.165) is 37.9 Å².